The number of hydrogen-bond acceptors (Lipinski definition) is 4. The van der Waals surface area contributed by atoms with Crippen molar-refractivity contribution in [2.75, 3.05) is 53.9 Å². The molecule has 0 aromatic heterocycles. The number of rotatable bonds is 10. The van der Waals surface area contributed by atoms with Crippen molar-refractivity contribution in [1.82, 2.24) is 14.7 Å². The molecule has 0 aliphatic carbocycles. The third-order valence-electron chi connectivity index (χ3n) is 5.72. The molecule has 6 nitrogen and oxygen atoms in total. The number of amides is 2. The van der Waals surface area contributed by atoms with E-state index in [0.717, 1.165) is 44.8 Å². The molecule has 1 aliphatic heterocycles. The summed E-state index contributed by atoms with van der Waals surface area (Å²) in [5.74, 6) is 1.51. The van der Waals surface area contributed by atoms with Crippen molar-refractivity contribution in [2.45, 2.75) is 39.0 Å². The lowest BCUT2D eigenvalue weighted by molar-refractivity contribution is -0.136. The first-order valence-corrected chi connectivity index (χ1v) is 10.8. The zero-order chi connectivity index (χ0) is 21.2. The largest absolute Gasteiger partial charge is 0.497 e. The van der Waals surface area contributed by atoms with E-state index in [1.165, 1.54) is 12.0 Å². The molecular weight excluding hydrogens is 366 g/mol. The summed E-state index contributed by atoms with van der Waals surface area (Å²) in [5, 5.41) is 0. The summed E-state index contributed by atoms with van der Waals surface area (Å²) in [6, 6.07) is 8.27. The van der Waals surface area contributed by atoms with Gasteiger partial charge in [-0.05, 0) is 56.3 Å². The zero-order valence-electron chi connectivity index (χ0n) is 18.5. The van der Waals surface area contributed by atoms with Crippen LogP contribution in [-0.4, -0.2) is 80.4 Å². The standard InChI is InChI=1S/C23H37N3O3/c1-5-26(23(28)12-11-22(27)24(2)3)18-20-9-7-14-25(17-20)15-13-19-8-6-10-21(16-19)29-4/h6,8,10,16,20H,5,7,9,11-15,17-18H2,1-4H3. The first kappa shape index (κ1) is 23.2. The van der Waals surface area contributed by atoms with Gasteiger partial charge in [0.1, 0.15) is 5.75 Å². The van der Waals surface area contributed by atoms with Crippen molar-refractivity contribution >= 4 is 11.8 Å². The van der Waals surface area contributed by atoms with E-state index >= 15 is 0 Å². The molecule has 1 saturated heterocycles. The Morgan fingerprint density at radius 1 is 1.21 bits per heavy atom. The molecule has 1 atom stereocenters. The van der Waals surface area contributed by atoms with Crippen LogP contribution in [0.4, 0.5) is 0 Å². The van der Waals surface area contributed by atoms with Crippen LogP contribution >= 0.6 is 0 Å². The van der Waals surface area contributed by atoms with E-state index in [2.05, 4.69) is 17.0 Å². The molecule has 6 heteroatoms. The van der Waals surface area contributed by atoms with Gasteiger partial charge in [-0.3, -0.25) is 9.59 Å². The van der Waals surface area contributed by atoms with Crippen molar-refractivity contribution in [3.63, 3.8) is 0 Å². The summed E-state index contributed by atoms with van der Waals surface area (Å²) < 4.78 is 5.32. The minimum Gasteiger partial charge on any atom is -0.497 e. The van der Waals surface area contributed by atoms with Gasteiger partial charge in [-0.2, -0.15) is 0 Å². The maximum absolute atomic E-state index is 12.6. The van der Waals surface area contributed by atoms with Gasteiger partial charge in [0, 0.05) is 53.1 Å². The van der Waals surface area contributed by atoms with Gasteiger partial charge in [0.15, 0.2) is 0 Å². The Hall–Kier alpha value is -2.08. The Balaban J connectivity index is 1.80. The number of piperidine rings is 1. The molecule has 0 N–H and O–H groups in total. The topological polar surface area (TPSA) is 53.1 Å². The van der Waals surface area contributed by atoms with Gasteiger partial charge in [0.2, 0.25) is 11.8 Å². The van der Waals surface area contributed by atoms with Crippen LogP contribution in [0.1, 0.15) is 38.2 Å². The van der Waals surface area contributed by atoms with Crippen LogP contribution in [-0.2, 0) is 16.0 Å². The number of carbonyl (C=O) groups is 2. The van der Waals surface area contributed by atoms with Gasteiger partial charge in [-0.25, -0.2) is 0 Å². The fraction of sp³-hybridized carbons (Fsp3) is 0.652. The molecule has 162 valence electrons. The number of carbonyl (C=O) groups excluding carboxylic acids is 2. The highest BCUT2D eigenvalue weighted by atomic mass is 16.5. The molecule has 1 aromatic rings. The van der Waals surface area contributed by atoms with Gasteiger partial charge < -0.3 is 19.4 Å². The average Bonchev–Trinajstić information content (AvgIpc) is 2.74. The van der Waals surface area contributed by atoms with Crippen LogP contribution in [0.15, 0.2) is 24.3 Å². The number of methoxy groups -OCH3 is 1. The summed E-state index contributed by atoms with van der Waals surface area (Å²) in [5.41, 5.74) is 1.29. The lowest BCUT2D eigenvalue weighted by atomic mass is 9.96. The normalized spacial score (nSPS) is 17.0. The van der Waals surface area contributed by atoms with E-state index in [1.807, 2.05) is 24.0 Å². The predicted octanol–water partition coefficient (Wildman–Crippen LogP) is 2.67. The summed E-state index contributed by atoms with van der Waals surface area (Å²) in [7, 11) is 5.16. The molecule has 0 spiro atoms. The van der Waals surface area contributed by atoms with Gasteiger partial charge in [-0.15, -0.1) is 0 Å². The second-order valence-electron chi connectivity index (χ2n) is 8.13. The van der Waals surface area contributed by atoms with E-state index in [0.29, 0.717) is 25.3 Å². The Kier molecular flexibility index (Phi) is 9.45. The number of nitrogens with zero attached hydrogens (tertiary/aromatic N) is 3. The predicted molar refractivity (Wildman–Crippen MR) is 116 cm³/mol. The lowest BCUT2D eigenvalue weighted by Gasteiger charge is -2.35. The molecule has 29 heavy (non-hydrogen) atoms. The summed E-state index contributed by atoms with van der Waals surface area (Å²) in [6.07, 6.45) is 3.94. The van der Waals surface area contributed by atoms with Crippen molar-refractivity contribution in [2.24, 2.45) is 5.92 Å². The molecule has 1 fully saturated rings. The molecule has 1 aliphatic rings. The number of hydrogen-bond donors (Lipinski definition) is 0. The number of benzene rings is 1. The van der Waals surface area contributed by atoms with Crippen molar-refractivity contribution in [3.05, 3.63) is 29.8 Å². The SMILES string of the molecule is CCN(CC1CCCN(CCc2cccc(OC)c2)C1)C(=O)CCC(=O)N(C)C. The Morgan fingerprint density at radius 3 is 2.66 bits per heavy atom. The fourth-order valence-electron chi connectivity index (χ4n) is 3.93. The van der Waals surface area contributed by atoms with Crippen molar-refractivity contribution in [1.29, 1.82) is 0 Å². The minimum atomic E-state index is 0.00999. The molecule has 2 rings (SSSR count). The molecule has 1 aromatic carbocycles. The van der Waals surface area contributed by atoms with Gasteiger partial charge >= 0.3 is 0 Å². The summed E-state index contributed by atoms with van der Waals surface area (Å²) in [6.45, 7) is 6.70. The molecule has 2 amide bonds. The lowest BCUT2D eigenvalue weighted by Crippen LogP contribution is -2.43. The smallest absolute Gasteiger partial charge is 0.223 e. The molecule has 1 unspecified atom stereocenters. The number of likely N-dealkylation sites (tertiary alicyclic amines) is 1. The highest BCUT2D eigenvalue weighted by Crippen LogP contribution is 2.20. The average molecular weight is 404 g/mol. The second kappa shape index (κ2) is 11.8. The Bertz CT molecular complexity index is 663. The maximum Gasteiger partial charge on any atom is 0.223 e. The van der Waals surface area contributed by atoms with Crippen molar-refractivity contribution < 1.29 is 14.3 Å². The molecule has 0 radical (unpaired) electrons. The van der Waals surface area contributed by atoms with Crippen LogP contribution in [0.3, 0.4) is 0 Å². The Labute approximate surface area is 175 Å². The van der Waals surface area contributed by atoms with Gasteiger partial charge in [-0.1, -0.05) is 12.1 Å². The van der Waals surface area contributed by atoms with Gasteiger partial charge in [0.05, 0.1) is 7.11 Å². The fourth-order valence-corrected chi connectivity index (χ4v) is 3.93. The van der Waals surface area contributed by atoms with E-state index in [4.69, 9.17) is 4.74 Å². The van der Waals surface area contributed by atoms with Crippen LogP contribution in [0.25, 0.3) is 0 Å². The maximum atomic E-state index is 12.6. The summed E-state index contributed by atoms with van der Waals surface area (Å²) in [4.78, 5) is 30.3. The third kappa shape index (κ3) is 7.69. The summed E-state index contributed by atoms with van der Waals surface area (Å²) >= 11 is 0. The van der Waals surface area contributed by atoms with Crippen molar-refractivity contribution in [3.8, 4) is 5.75 Å². The second-order valence-corrected chi connectivity index (χ2v) is 8.13. The van der Waals surface area contributed by atoms with Gasteiger partial charge in [0.25, 0.3) is 0 Å². The molecule has 1 heterocycles. The zero-order valence-corrected chi connectivity index (χ0v) is 18.5. The first-order valence-electron chi connectivity index (χ1n) is 10.8. The van der Waals surface area contributed by atoms with Crippen LogP contribution < -0.4 is 4.74 Å². The van der Waals surface area contributed by atoms with Crippen LogP contribution in [0.5, 0.6) is 5.75 Å². The Morgan fingerprint density at radius 2 is 1.97 bits per heavy atom. The van der Waals surface area contributed by atoms with E-state index < -0.39 is 0 Å². The van der Waals surface area contributed by atoms with Crippen LogP contribution in [0.2, 0.25) is 0 Å². The number of ether oxygens (including phenoxy) is 1. The molecule has 0 saturated carbocycles. The highest BCUT2D eigenvalue weighted by molar-refractivity contribution is 5.83. The monoisotopic (exact) mass is 403 g/mol. The molecule has 0 bridgehead atoms. The molecular formula is C23H37N3O3. The quantitative estimate of drug-likeness (QED) is 0.603. The van der Waals surface area contributed by atoms with E-state index in [1.54, 1.807) is 26.1 Å². The third-order valence-corrected chi connectivity index (χ3v) is 5.72. The minimum absolute atomic E-state index is 0.00999. The highest BCUT2D eigenvalue weighted by Gasteiger charge is 2.24. The first-order chi connectivity index (χ1) is 13.9. The van der Waals surface area contributed by atoms with E-state index in [9.17, 15) is 9.59 Å². The van der Waals surface area contributed by atoms with E-state index in [-0.39, 0.29) is 11.8 Å². The van der Waals surface area contributed by atoms with Crippen LogP contribution in [0, 0.1) is 5.92 Å².